The second-order valence-electron chi connectivity index (χ2n) is 5.52. The van der Waals surface area contributed by atoms with Gasteiger partial charge in [-0.15, -0.1) is 0 Å². The average Bonchev–Trinajstić information content (AvgIpc) is 2.54. The molecule has 6 heteroatoms. The third kappa shape index (κ3) is 4.27. The number of carbonyl (C=O) groups excluding carboxylic acids is 2. The molecule has 0 radical (unpaired) electrons. The van der Waals surface area contributed by atoms with E-state index in [0.717, 1.165) is 25.7 Å². The van der Waals surface area contributed by atoms with Gasteiger partial charge in [0, 0.05) is 13.1 Å². The van der Waals surface area contributed by atoms with Gasteiger partial charge < -0.3 is 16.0 Å². The highest BCUT2D eigenvalue weighted by atomic mass is 19.1. The summed E-state index contributed by atoms with van der Waals surface area (Å²) in [5.41, 5.74) is 0.167. The minimum Gasteiger partial charge on any atom is -0.359 e. The number of benzene rings is 1. The van der Waals surface area contributed by atoms with Crippen LogP contribution in [0.5, 0.6) is 0 Å². The lowest BCUT2D eigenvalue weighted by atomic mass is 9.84. The Bertz CT molecular complexity index is 536. The Kier molecular flexibility index (Phi) is 5.89. The van der Waals surface area contributed by atoms with E-state index in [1.807, 2.05) is 0 Å². The maximum Gasteiger partial charge on any atom is 0.238 e. The molecule has 0 aliphatic heterocycles. The Hall–Kier alpha value is -1.95. The first kappa shape index (κ1) is 16.4. The van der Waals surface area contributed by atoms with Crippen molar-refractivity contribution >= 4 is 17.5 Å². The van der Waals surface area contributed by atoms with Crippen LogP contribution in [0.1, 0.15) is 25.7 Å². The van der Waals surface area contributed by atoms with Crippen LogP contribution < -0.4 is 16.0 Å². The van der Waals surface area contributed by atoms with E-state index in [1.165, 1.54) is 12.1 Å². The van der Waals surface area contributed by atoms with Gasteiger partial charge in [0.1, 0.15) is 5.82 Å². The quantitative estimate of drug-likeness (QED) is 0.775. The number of rotatable bonds is 5. The van der Waals surface area contributed by atoms with Gasteiger partial charge in [-0.1, -0.05) is 25.0 Å². The molecular weight excluding hydrogens is 285 g/mol. The standard InChI is InChI=1S/C16H22FN3O2/c1-18-16(22)11-6-2-4-8-13(11)19-10-15(21)20-14-9-5-3-7-12(14)17/h3,5,7,9,11,13,19H,2,4,6,8,10H2,1H3,(H,18,22)(H,20,21)/t11-,13+/m0/s1. The van der Waals surface area contributed by atoms with Crippen molar-refractivity contribution in [2.24, 2.45) is 5.92 Å². The lowest BCUT2D eigenvalue weighted by Crippen LogP contribution is -2.47. The van der Waals surface area contributed by atoms with Gasteiger partial charge in [-0.05, 0) is 25.0 Å². The van der Waals surface area contributed by atoms with E-state index < -0.39 is 5.82 Å². The molecule has 2 rings (SSSR count). The number of anilines is 1. The smallest absolute Gasteiger partial charge is 0.238 e. The van der Waals surface area contributed by atoms with Gasteiger partial charge in [0.2, 0.25) is 11.8 Å². The second kappa shape index (κ2) is 7.89. The largest absolute Gasteiger partial charge is 0.359 e. The van der Waals surface area contributed by atoms with Crippen LogP contribution >= 0.6 is 0 Å². The number of hydrogen-bond donors (Lipinski definition) is 3. The van der Waals surface area contributed by atoms with Gasteiger partial charge in [0.15, 0.2) is 0 Å². The molecule has 1 saturated carbocycles. The molecule has 0 bridgehead atoms. The molecule has 2 amide bonds. The molecule has 0 unspecified atom stereocenters. The lowest BCUT2D eigenvalue weighted by Gasteiger charge is -2.30. The third-order valence-electron chi connectivity index (χ3n) is 4.02. The zero-order valence-electron chi connectivity index (χ0n) is 12.7. The van der Waals surface area contributed by atoms with Crippen molar-refractivity contribution in [3.63, 3.8) is 0 Å². The Labute approximate surface area is 129 Å². The monoisotopic (exact) mass is 307 g/mol. The summed E-state index contributed by atoms with van der Waals surface area (Å²) >= 11 is 0. The Morgan fingerprint density at radius 2 is 1.95 bits per heavy atom. The second-order valence-corrected chi connectivity index (χ2v) is 5.52. The van der Waals surface area contributed by atoms with E-state index in [2.05, 4.69) is 16.0 Å². The van der Waals surface area contributed by atoms with E-state index >= 15 is 0 Å². The zero-order chi connectivity index (χ0) is 15.9. The average molecular weight is 307 g/mol. The molecule has 5 nitrogen and oxygen atoms in total. The van der Waals surface area contributed by atoms with Crippen molar-refractivity contribution in [3.8, 4) is 0 Å². The molecule has 120 valence electrons. The molecule has 22 heavy (non-hydrogen) atoms. The summed E-state index contributed by atoms with van der Waals surface area (Å²) in [6, 6.07) is 6.03. The van der Waals surface area contributed by atoms with Crippen LogP contribution in [-0.2, 0) is 9.59 Å². The summed E-state index contributed by atoms with van der Waals surface area (Å²) in [7, 11) is 1.62. The maximum absolute atomic E-state index is 13.5. The van der Waals surface area contributed by atoms with Crippen LogP contribution in [0.2, 0.25) is 0 Å². The molecule has 1 aromatic carbocycles. The summed E-state index contributed by atoms with van der Waals surface area (Å²) in [6.45, 7) is 0.0620. The highest BCUT2D eigenvalue weighted by molar-refractivity contribution is 5.92. The molecule has 0 aromatic heterocycles. The highest BCUT2D eigenvalue weighted by Crippen LogP contribution is 2.24. The summed E-state index contributed by atoms with van der Waals surface area (Å²) in [5.74, 6) is -0.880. The molecule has 0 spiro atoms. The van der Waals surface area contributed by atoms with Gasteiger partial charge in [-0.25, -0.2) is 4.39 Å². The molecule has 1 fully saturated rings. The van der Waals surface area contributed by atoms with Gasteiger partial charge in [-0.3, -0.25) is 9.59 Å². The molecule has 3 N–H and O–H groups in total. The zero-order valence-corrected chi connectivity index (χ0v) is 12.7. The van der Waals surface area contributed by atoms with E-state index in [4.69, 9.17) is 0 Å². The van der Waals surface area contributed by atoms with Crippen molar-refractivity contribution in [2.45, 2.75) is 31.7 Å². The lowest BCUT2D eigenvalue weighted by molar-refractivity contribution is -0.126. The minimum atomic E-state index is -0.461. The third-order valence-corrected chi connectivity index (χ3v) is 4.02. The Balaban J connectivity index is 1.87. The van der Waals surface area contributed by atoms with Crippen LogP contribution in [0.3, 0.4) is 0 Å². The molecule has 0 heterocycles. The first-order chi connectivity index (χ1) is 10.6. The fourth-order valence-corrected chi connectivity index (χ4v) is 2.86. The number of carbonyl (C=O) groups is 2. The SMILES string of the molecule is CNC(=O)[C@H]1CCCC[C@H]1NCC(=O)Nc1ccccc1F. The van der Waals surface area contributed by atoms with E-state index in [9.17, 15) is 14.0 Å². The first-order valence-corrected chi connectivity index (χ1v) is 7.61. The van der Waals surface area contributed by atoms with Crippen LogP contribution in [0, 0.1) is 11.7 Å². The number of nitrogens with one attached hydrogen (secondary N) is 3. The molecule has 1 aliphatic carbocycles. The molecule has 1 aromatic rings. The fourth-order valence-electron chi connectivity index (χ4n) is 2.86. The van der Waals surface area contributed by atoms with Crippen LogP contribution in [0.25, 0.3) is 0 Å². The maximum atomic E-state index is 13.5. The molecule has 2 atom stereocenters. The highest BCUT2D eigenvalue weighted by Gasteiger charge is 2.30. The van der Waals surface area contributed by atoms with Crippen molar-refractivity contribution in [1.82, 2.24) is 10.6 Å². The van der Waals surface area contributed by atoms with Gasteiger partial charge in [0.25, 0.3) is 0 Å². The van der Waals surface area contributed by atoms with Crippen molar-refractivity contribution in [2.75, 3.05) is 18.9 Å². The number of hydrogen-bond acceptors (Lipinski definition) is 3. The van der Waals surface area contributed by atoms with Crippen LogP contribution in [0.15, 0.2) is 24.3 Å². The van der Waals surface area contributed by atoms with Crippen LogP contribution in [0.4, 0.5) is 10.1 Å². The summed E-state index contributed by atoms with van der Waals surface area (Å²) in [6.07, 6.45) is 3.76. The van der Waals surface area contributed by atoms with E-state index in [-0.39, 0.29) is 36.0 Å². The predicted octanol–water partition coefficient (Wildman–Crippen LogP) is 1.66. The summed E-state index contributed by atoms with van der Waals surface area (Å²) in [4.78, 5) is 23.8. The fraction of sp³-hybridized carbons (Fsp3) is 0.500. The first-order valence-electron chi connectivity index (χ1n) is 7.61. The van der Waals surface area contributed by atoms with Gasteiger partial charge in [0.05, 0.1) is 18.2 Å². The van der Waals surface area contributed by atoms with Crippen molar-refractivity contribution in [1.29, 1.82) is 0 Å². The number of amides is 2. The van der Waals surface area contributed by atoms with Crippen molar-refractivity contribution < 1.29 is 14.0 Å². The van der Waals surface area contributed by atoms with Crippen LogP contribution in [-0.4, -0.2) is 31.4 Å². The van der Waals surface area contributed by atoms with Crippen molar-refractivity contribution in [3.05, 3.63) is 30.1 Å². The molecule has 1 aliphatic rings. The summed E-state index contributed by atoms with van der Waals surface area (Å²) in [5, 5.41) is 8.33. The number of halogens is 1. The Morgan fingerprint density at radius 1 is 1.23 bits per heavy atom. The molecular formula is C16H22FN3O2. The van der Waals surface area contributed by atoms with Gasteiger partial charge >= 0.3 is 0 Å². The molecule has 0 saturated heterocycles. The van der Waals surface area contributed by atoms with E-state index in [0.29, 0.717) is 0 Å². The van der Waals surface area contributed by atoms with Gasteiger partial charge in [-0.2, -0.15) is 0 Å². The summed E-state index contributed by atoms with van der Waals surface area (Å²) < 4.78 is 13.5. The topological polar surface area (TPSA) is 70.2 Å². The van der Waals surface area contributed by atoms with E-state index in [1.54, 1.807) is 19.2 Å². The normalized spacial score (nSPS) is 21.2. The Morgan fingerprint density at radius 3 is 2.68 bits per heavy atom. The minimum absolute atomic E-state index is 0.00621. The predicted molar refractivity (Wildman–Crippen MR) is 82.8 cm³/mol. The number of para-hydroxylation sites is 1.